The molecule has 0 saturated carbocycles. The van der Waals surface area contributed by atoms with Crippen molar-refractivity contribution in [3.8, 4) is 0 Å². The van der Waals surface area contributed by atoms with Gasteiger partial charge in [0, 0.05) is 13.0 Å². The van der Waals surface area contributed by atoms with Crippen molar-refractivity contribution < 1.29 is 17.1 Å². The number of rotatable bonds is 2. The Morgan fingerprint density at radius 1 is 1.50 bits per heavy atom. The number of amides is 1. The van der Waals surface area contributed by atoms with E-state index in [4.69, 9.17) is 17.3 Å². The third kappa shape index (κ3) is 2.23. The minimum absolute atomic E-state index is 0.00955. The molecule has 2 heterocycles. The molecule has 0 aromatic carbocycles. The van der Waals surface area contributed by atoms with Crippen LogP contribution in [0.1, 0.15) is 6.42 Å². The summed E-state index contributed by atoms with van der Waals surface area (Å²) < 4.78 is 34.4. The first-order valence-corrected chi connectivity index (χ1v) is 6.63. The van der Waals surface area contributed by atoms with Crippen LogP contribution in [0.4, 0.5) is 15.4 Å². The highest BCUT2D eigenvalue weighted by Crippen LogP contribution is 2.33. The summed E-state index contributed by atoms with van der Waals surface area (Å²) in [6.07, 6.45) is 0.647. The van der Waals surface area contributed by atoms with Gasteiger partial charge < -0.3 is 10.6 Å². The van der Waals surface area contributed by atoms with Crippen LogP contribution in [-0.4, -0.2) is 36.1 Å². The number of carbonyl (C=O) groups is 1. The van der Waals surface area contributed by atoms with Crippen molar-refractivity contribution in [1.82, 2.24) is 9.97 Å². The molecule has 1 atom stereocenters. The molecule has 98 valence electrons. The molecule has 1 fully saturated rings. The van der Waals surface area contributed by atoms with Crippen LogP contribution in [-0.2, 0) is 15.0 Å². The molecular formula is C8H8ClFN4O3S. The first-order valence-electron chi connectivity index (χ1n) is 4.80. The molecule has 2 rings (SSSR count). The van der Waals surface area contributed by atoms with E-state index in [2.05, 4.69) is 9.97 Å². The molecule has 1 aromatic rings. The van der Waals surface area contributed by atoms with E-state index in [1.54, 1.807) is 0 Å². The Labute approximate surface area is 107 Å². The Kier molecular flexibility index (Phi) is 3.11. The lowest BCUT2D eigenvalue weighted by atomic mass is 10.4. The molecule has 1 saturated heterocycles. The second kappa shape index (κ2) is 4.32. The van der Waals surface area contributed by atoms with Gasteiger partial charge in [0.25, 0.3) is 0 Å². The molecule has 1 aromatic heterocycles. The summed E-state index contributed by atoms with van der Waals surface area (Å²) >= 11 is 5.77. The van der Waals surface area contributed by atoms with E-state index in [1.807, 2.05) is 0 Å². The quantitative estimate of drug-likeness (QED) is 0.613. The van der Waals surface area contributed by atoms with Crippen LogP contribution in [0.25, 0.3) is 0 Å². The Morgan fingerprint density at radius 3 is 2.67 bits per heavy atom. The van der Waals surface area contributed by atoms with Gasteiger partial charge in [-0.05, 0) is 0 Å². The molecule has 0 radical (unpaired) electrons. The van der Waals surface area contributed by atoms with E-state index in [9.17, 15) is 17.1 Å². The first kappa shape index (κ1) is 13.0. The summed E-state index contributed by atoms with van der Waals surface area (Å²) in [5, 5.41) is -1.51. The summed E-state index contributed by atoms with van der Waals surface area (Å²) in [6, 6.07) is 0. The maximum atomic E-state index is 12.9. The van der Waals surface area contributed by atoms with Gasteiger partial charge in [0.1, 0.15) is 17.3 Å². The van der Waals surface area contributed by atoms with Gasteiger partial charge in [-0.2, -0.15) is 8.42 Å². The number of aromatic nitrogens is 2. The van der Waals surface area contributed by atoms with E-state index < -0.39 is 27.8 Å². The zero-order valence-electron chi connectivity index (χ0n) is 8.88. The number of halogens is 2. The highest BCUT2D eigenvalue weighted by atomic mass is 35.5. The van der Waals surface area contributed by atoms with Gasteiger partial charge in [0.2, 0.25) is 5.91 Å². The Balaban J connectivity index is 2.39. The summed E-state index contributed by atoms with van der Waals surface area (Å²) in [5.74, 6) is -0.662. The predicted octanol–water partition coefficient (Wildman–Crippen LogP) is 0.117. The lowest BCUT2D eigenvalue weighted by Crippen LogP contribution is -2.28. The molecule has 1 amide bonds. The van der Waals surface area contributed by atoms with Crippen molar-refractivity contribution in [3.05, 3.63) is 11.5 Å². The van der Waals surface area contributed by atoms with Crippen molar-refractivity contribution in [3.63, 3.8) is 0 Å². The zero-order chi connectivity index (χ0) is 13.5. The van der Waals surface area contributed by atoms with Gasteiger partial charge in [-0.15, -0.1) is 3.89 Å². The van der Waals surface area contributed by atoms with Crippen LogP contribution in [0.5, 0.6) is 0 Å². The average molecular weight is 295 g/mol. The predicted molar refractivity (Wildman–Crippen MR) is 62.2 cm³/mol. The Bertz CT molecular complexity index is 588. The van der Waals surface area contributed by atoms with Gasteiger partial charge in [-0.3, -0.25) is 4.79 Å². The summed E-state index contributed by atoms with van der Waals surface area (Å²) in [7, 11) is -4.79. The molecule has 18 heavy (non-hydrogen) atoms. The molecule has 0 aliphatic carbocycles. The van der Waals surface area contributed by atoms with E-state index in [-0.39, 0.29) is 23.2 Å². The Hall–Kier alpha value is -1.48. The second-order valence-electron chi connectivity index (χ2n) is 3.70. The number of hydrogen-bond acceptors (Lipinski definition) is 6. The average Bonchev–Trinajstić information content (AvgIpc) is 2.60. The van der Waals surface area contributed by atoms with Gasteiger partial charge >= 0.3 is 10.2 Å². The molecule has 1 aliphatic rings. The van der Waals surface area contributed by atoms with Crippen LogP contribution < -0.4 is 10.6 Å². The minimum Gasteiger partial charge on any atom is -0.382 e. The lowest BCUT2D eigenvalue weighted by molar-refractivity contribution is -0.117. The largest absolute Gasteiger partial charge is 0.382 e. The van der Waals surface area contributed by atoms with Crippen molar-refractivity contribution >= 4 is 39.2 Å². The van der Waals surface area contributed by atoms with Crippen LogP contribution >= 0.6 is 11.6 Å². The fourth-order valence-electron chi connectivity index (χ4n) is 1.70. The zero-order valence-corrected chi connectivity index (χ0v) is 10.4. The van der Waals surface area contributed by atoms with Crippen LogP contribution in [0, 0.1) is 0 Å². The van der Waals surface area contributed by atoms with Gasteiger partial charge in [0.15, 0.2) is 11.0 Å². The smallest absolute Gasteiger partial charge is 0.307 e. The number of hydrogen-bond donors (Lipinski definition) is 1. The molecule has 1 aliphatic heterocycles. The number of nitrogens with zero attached hydrogens (tertiary/aromatic N) is 3. The fraction of sp³-hybridized carbons (Fsp3) is 0.375. The van der Waals surface area contributed by atoms with Crippen molar-refractivity contribution in [2.75, 3.05) is 17.2 Å². The van der Waals surface area contributed by atoms with E-state index in [0.29, 0.717) is 0 Å². The third-order valence-corrected chi connectivity index (χ3v) is 3.95. The molecule has 1 unspecified atom stereocenters. The highest BCUT2D eigenvalue weighted by molar-refractivity contribution is 7.87. The number of anilines is 2. The van der Waals surface area contributed by atoms with Gasteiger partial charge in [-0.1, -0.05) is 11.6 Å². The molecular weight excluding hydrogens is 287 g/mol. The normalized spacial score (nSPS) is 20.4. The third-order valence-electron chi connectivity index (χ3n) is 2.56. The number of carbonyl (C=O) groups excluding carboxylic acids is 1. The van der Waals surface area contributed by atoms with Crippen molar-refractivity contribution in [2.45, 2.75) is 11.7 Å². The highest BCUT2D eigenvalue weighted by Gasteiger charge is 2.40. The summed E-state index contributed by atoms with van der Waals surface area (Å²) in [5.41, 5.74) is 5.55. The fourth-order valence-corrected chi connectivity index (χ4v) is 2.61. The summed E-state index contributed by atoms with van der Waals surface area (Å²) in [4.78, 5) is 19.9. The standard InChI is InChI=1S/C8H8ClFN4O3S/c9-7-6(8(11)13-3-12-7)14-2-4(1-5(14)15)18(10,16)17/h3-4H,1-2H2,(H2,11,12,13). The molecule has 7 nitrogen and oxygen atoms in total. The second-order valence-corrected chi connectivity index (χ2v) is 5.68. The minimum atomic E-state index is -4.79. The number of nitrogens with two attached hydrogens (primary N) is 1. The van der Waals surface area contributed by atoms with Crippen LogP contribution in [0.3, 0.4) is 0 Å². The number of nitrogen functional groups attached to an aromatic ring is 1. The molecule has 0 spiro atoms. The maximum Gasteiger partial charge on any atom is 0.307 e. The van der Waals surface area contributed by atoms with Gasteiger partial charge in [0.05, 0.1) is 0 Å². The Morgan fingerprint density at radius 2 is 2.17 bits per heavy atom. The first-order chi connectivity index (χ1) is 8.30. The lowest BCUT2D eigenvalue weighted by Gasteiger charge is -2.17. The van der Waals surface area contributed by atoms with E-state index in [1.165, 1.54) is 0 Å². The van der Waals surface area contributed by atoms with E-state index >= 15 is 0 Å². The van der Waals surface area contributed by atoms with Crippen molar-refractivity contribution in [1.29, 1.82) is 0 Å². The van der Waals surface area contributed by atoms with Gasteiger partial charge in [-0.25, -0.2) is 9.97 Å². The SMILES string of the molecule is Nc1ncnc(Cl)c1N1CC(S(=O)(=O)F)CC1=O. The molecule has 10 heteroatoms. The molecule has 2 N–H and O–H groups in total. The monoisotopic (exact) mass is 294 g/mol. The van der Waals surface area contributed by atoms with Crippen molar-refractivity contribution in [2.24, 2.45) is 0 Å². The topological polar surface area (TPSA) is 106 Å². The summed E-state index contributed by atoms with van der Waals surface area (Å²) in [6.45, 7) is -0.352. The maximum absolute atomic E-state index is 12.9. The van der Waals surface area contributed by atoms with Crippen LogP contribution in [0.2, 0.25) is 5.15 Å². The molecule has 0 bridgehead atoms. The van der Waals surface area contributed by atoms with Crippen LogP contribution in [0.15, 0.2) is 6.33 Å². The van der Waals surface area contributed by atoms with E-state index in [0.717, 1.165) is 11.2 Å².